The van der Waals surface area contributed by atoms with Gasteiger partial charge in [0.15, 0.2) is 0 Å². The molecule has 1 amide bonds. The van der Waals surface area contributed by atoms with Gasteiger partial charge in [0.25, 0.3) is 11.6 Å². The van der Waals surface area contributed by atoms with Gasteiger partial charge in [0.05, 0.1) is 22.1 Å². The Morgan fingerprint density at radius 2 is 1.92 bits per heavy atom. The standard InChI is InChI=1S/C19H15BrN2O4/c1-11-9-13(22(24)25)7-8-16(11)21-19(23)15-10-12-5-3-4-6-14(12)17(20)18(15)26-2/h3-10H,1-2H3,(H,21,23). The maximum absolute atomic E-state index is 12.8. The van der Waals surface area contributed by atoms with Gasteiger partial charge < -0.3 is 10.1 Å². The number of anilines is 1. The molecule has 0 aliphatic carbocycles. The molecule has 132 valence electrons. The minimum Gasteiger partial charge on any atom is -0.495 e. The van der Waals surface area contributed by atoms with Gasteiger partial charge in [0.1, 0.15) is 5.75 Å². The molecule has 3 aromatic rings. The fourth-order valence-electron chi connectivity index (χ4n) is 2.74. The summed E-state index contributed by atoms with van der Waals surface area (Å²) in [7, 11) is 1.50. The van der Waals surface area contributed by atoms with Gasteiger partial charge in [-0.15, -0.1) is 0 Å². The molecule has 0 aromatic heterocycles. The normalized spacial score (nSPS) is 10.6. The number of nitrogens with one attached hydrogen (secondary N) is 1. The van der Waals surface area contributed by atoms with E-state index in [1.165, 1.54) is 25.3 Å². The number of ether oxygens (including phenoxy) is 1. The quantitative estimate of drug-likeness (QED) is 0.476. The lowest BCUT2D eigenvalue weighted by molar-refractivity contribution is -0.384. The van der Waals surface area contributed by atoms with Crippen LogP contribution in [0, 0.1) is 17.0 Å². The summed E-state index contributed by atoms with van der Waals surface area (Å²) in [6.07, 6.45) is 0. The number of nitro benzene ring substituents is 1. The Bertz CT molecular complexity index is 1030. The van der Waals surface area contributed by atoms with Crippen LogP contribution in [0.25, 0.3) is 10.8 Å². The number of hydrogen-bond acceptors (Lipinski definition) is 4. The molecule has 0 unspecified atom stereocenters. The zero-order valence-electron chi connectivity index (χ0n) is 14.1. The van der Waals surface area contributed by atoms with Gasteiger partial charge in [-0.05, 0) is 51.3 Å². The Kier molecular flexibility index (Phi) is 4.90. The van der Waals surface area contributed by atoms with Gasteiger partial charge in [-0.1, -0.05) is 24.3 Å². The second-order valence-corrected chi connectivity index (χ2v) is 6.50. The average molecular weight is 415 g/mol. The minimum atomic E-state index is -0.470. The van der Waals surface area contributed by atoms with Gasteiger partial charge in [-0.2, -0.15) is 0 Å². The predicted molar refractivity (Wildman–Crippen MR) is 104 cm³/mol. The highest BCUT2D eigenvalue weighted by molar-refractivity contribution is 9.10. The summed E-state index contributed by atoms with van der Waals surface area (Å²) in [5.41, 5.74) is 1.46. The van der Waals surface area contributed by atoms with E-state index < -0.39 is 4.92 Å². The molecule has 0 atom stereocenters. The smallest absolute Gasteiger partial charge is 0.269 e. The number of amides is 1. The zero-order valence-corrected chi connectivity index (χ0v) is 15.7. The van der Waals surface area contributed by atoms with Crippen LogP contribution in [0.15, 0.2) is 53.0 Å². The summed E-state index contributed by atoms with van der Waals surface area (Å²) >= 11 is 3.51. The van der Waals surface area contributed by atoms with Gasteiger partial charge in [0, 0.05) is 17.8 Å². The van der Waals surface area contributed by atoms with Crippen LogP contribution in [0.5, 0.6) is 5.75 Å². The molecule has 3 aromatic carbocycles. The van der Waals surface area contributed by atoms with E-state index in [0.717, 1.165) is 10.8 Å². The first-order valence-electron chi connectivity index (χ1n) is 7.74. The molecular weight excluding hydrogens is 400 g/mol. The van der Waals surface area contributed by atoms with Crippen molar-refractivity contribution in [3.05, 3.63) is 74.2 Å². The van der Waals surface area contributed by atoms with E-state index in [1.54, 1.807) is 13.0 Å². The van der Waals surface area contributed by atoms with Gasteiger partial charge >= 0.3 is 0 Å². The van der Waals surface area contributed by atoms with E-state index in [4.69, 9.17) is 4.74 Å². The SMILES string of the molecule is COc1c(C(=O)Nc2ccc([N+](=O)[O-])cc2C)cc2ccccc2c1Br. The first-order chi connectivity index (χ1) is 12.4. The van der Waals surface area contributed by atoms with Crippen LogP contribution in [0.4, 0.5) is 11.4 Å². The van der Waals surface area contributed by atoms with Crippen LogP contribution >= 0.6 is 15.9 Å². The third-order valence-corrected chi connectivity index (χ3v) is 4.85. The fraction of sp³-hybridized carbons (Fsp3) is 0.105. The number of methoxy groups -OCH3 is 1. The number of hydrogen-bond donors (Lipinski definition) is 1. The lowest BCUT2D eigenvalue weighted by atomic mass is 10.0. The van der Waals surface area contributed by atoms with Crippen LogP contribution in [-0.2, 0) is 0 Å². The number of benzene rings is 3. The number of nitrogens with zero attached hydrogens (tertiary/aromatic N) is 1. The number of fused-ring (bicyclic) bond motifs is 1. The summed E-state index contributed by atoms with van der Waals surface area (Å²) in [5.74, 6) is 0.0750. The second-order valence-electron chi connectivity index (χ2n) is 5.70. The van der Waals surface area contributed by atoms with E-state index >= 15 is 0 Å². The monoisotopic (exact) mass is 414 g/mol. The first-order valence-corrected chi connectivity index (χ1v) is 8.53. The molecule has 0 aliphatic heterocycles. The van der Waals surface area contributed by atoms with E-state index in [1.807, 2.05) is 24.3 Å². The zero-order chi connectivity index (χ0) is 18.8. The van der Waals surface area contributed by atoms with Gasteiger partial charge in [-0.3, -0.25) is 14.9 Å². The lowest BCUT2D eigenvalue weighted by Gasteiger charge is -2.14. The molecule has 26 heavy (non-hydrogen) atoms. The Labute approximate surface area is 158 Å². The Morgan fingerprint density at radius 3 is 2.58 bits per heavy atom. The van der Waals surface area contributed by atoms with Crippen molar-refractivity contribution in [3.8, 4) is 5.75 Å². The summed E-state index contributed by atoms with van der Waals surface area (Å²) < 4.78 is 6.12. The van der Waals surface area contributed by atoms with Crippen molar-refractivity contribution in [1.82, 2.24) is 0 Å². The molecule has 6 nitrogen and oxygen atoms in total. The van der Waals surface area contributed by atoms with E-state index in [9.17, 15) is 14.9 Å². The largest absolute Gasteiger partial charge is 0.495 e. The average Bonchev–Trinajstić information content (AvgIpc) is 2.63. The maximum atomic E-state index is 12.8. The van der Waals surface area contributed by atoms with E-state index in [-0.39, 0.29) is 11.6 Å². The van der Waals surface area contributed by atoms with Gasteiger partial charge in [-0.25, -0.2) is 0 Å². The molecule has 0 aliphatic rings. The number of aryl methyl sites for hydroxylation is 1. The van der Waals surface area contributed by atoms with Gasteiger partial charge in [0.2, 0.25) is 0 Å². The van der Waals surface area contributed by atoms with Crippen LogP contribution in [0.3, 0.4) is 0 Å². The van der Waals surface area contributed by atoms with E-state index in [0.29, 0.717) is 27.0 Å². The molecule has 3 rings (SSSR count). The van der Waals surface area contributed by atoms with Crippen molar-refractivity contribution < 1.29 is 14.5 Å². The Morgan fingerprint density at radius 1 is 1.19 bits per heavy atom. The number of nitro groups is 1. The summed E-state index contributed by atoms with van der Waals surface area (Å²) in [6, 6.07) is 13.7. The Hall–Kier alpha value is -2.93. The summed E-state index contributed by atoms with van der Waals surface area (Å²) in [5, 5.41) is 15.5. The molecule has 0 radical (unpaired) electrons. The third kappa shape index (κ3) is 3.25. The van der Waals surface area contributed by atoms with Crippen LogP contribution in [-0.4, -0.2) is 17.9 Å². The molecule has 0 saturated heterocycles. The summed E-state index contributed by atoms with van der Waals surface area (Å²) in [4.78, 5) is 23.2. The molecule has 0 bridgehead atoms. The number of carbonyl (C=O) groups is 1. The first kappa shape index (κ1) is 17.9. The molecule has 0 heterocycles. The number of halogens is 1. The molecule has 0 fully saturated rings. The predicted octanol–water partition coefficient (Wildman–Crippen LogP) is 5.08. The van der Waals surface area contributed by atoms with Crippen LogP contribution in [0.2, 0.25) is 0 Å². The van der Waals surface area contributed by atoms with Crippen molar-refractivity contribution in [3.63, 3.8) is 0 Å². The van der Waals surface area contributed by atoms with Crippen molar-refractivity contribution in [1.29, 1.82) is 0 Å². The number of rotatable bonds is 4. The highest BCUT2D eigenvalue weighted by atomic mass is 79.9. The fourth-order valence-corrected chi connectivity index (χ4v) is 3.48. The number of non-ortho nitro benzene ring substituents is 1. The van der Waals surface area contributed by atoms with Crippen LogP contribution < -0.4 is 10.1 Å². The van der Waals surface area contributed by atoms with Crippen molar-refractivity contribution >= 4 is 44.0 Å². The highest BCUT2D eigenvalue weighted by Gasteiger charge is 2.19. The number of carbonyl (C=O) groups excluding carboxylic acids is 1. The molecule has 7 heteroatoms. The highest BCUT2D eigenvalue weighted by Crippen LogP contribution is 2.37. The molecular formula is C19H15BrN2O4. The van der Waals surface area contributed by atoms with Crippen molar-refractivity contribution in [2.45, 2.75) is 6.92 Å². The maximum Gasteiger partial charge on any atom is 0.269 e. The summed E-state index contributed by atoms with van der Waals surface area (Å²) in [6.45, 7) is 1.70. The second kappa shape index (κ2) is 7.13. The molecule has 1 N–H and O–H groups in total. The third-order valence-electron chi connectivity index (χ3n) is 4.06. The lowest BCUT2D eigenvalue weighted by Crippen LogP contribution is -2.14. The molecule has 0 spiro atoms. The Balaban J connectivity index is 2.01. The topological polar surface area (TPSA) is 81.5 Å². The van der Waals surface area contributed by atoms with E-state index in [2.05, 4.69) is 21.2 Å². The van der Waals surface area contributed by atoms with Crippen molar-refractivity contribution in [2.75, 3.05) is 12.4 Å². The minimum absolute atomic E-state index is 0.0217. The van der Waals surface area contributed by atoms with Crippen molar-refractivity contribution in [2.24, 2.45) is 0 Å². The molecule has 0 saturated carbocycles. The van der Waals surface area contributed by atoms with Crippen LogP contribution in [0.1, 0.15) is 15.9 Å².